The molecule has 0 spiro atoms. The second-order valence-corrected chi connectivity index (χ2v) is 27.6. The highest BCUT2D eigenvalue weighted by Gasteiger charge is 2.27. The summed E-state index contributed by atoms with van der Waals surface area (Å²) in [5.74, 6) is 1.09. The Morgan fingerprint density at radius 3 is 1.35 bits per heavy atom. The molecule has 1 saturated heterocycles. The number of nitro groups is 2. The maximum absolute atomic E-state index is 12.2. The van der Waals surface area contributed by atoms with Crippen molar-refractivity contribution in [3.8, 4) is 0 Å². The van der Waals surface area contributed by atoms with E-state index in [0.29, 0.717) is 61.8 Å². The van der Waals surface area contributed by atoms with Crippen LogP contribution in [0.15, 0.2) is 88.0 Å². The fourth-order valence-electron chi connectivity index (χ4n) is 12.9. The Bertz CT molecular complexity index is 4240. The van der Waals surface area contributed by atoms with Gasteiger partial charge in [0.2, 0.25) is 11.0 Å². The molecule has 97 heavy (non-hydrogen) atoms. The Hall–Kier alpha value is -7.14. The van der Waals surface area contributed by atoms with Gasteiger partial charge in [-0.25, -0.2) is 44.3 Å². The van der Waals surface area contributed by atoms with Crippen LogP contribution in [0.25, 0.3) is 33.5 Å². The molecule has 520 valence electrons. The van der Waals surface area contributed by atoms with E-state index < -0.39 is 9.85 Å². The summed E-state index contributed by atoms with van der Waals surface area (Å²) >= 11 is 39.9. The van der Waals surface area contributed by atoms with E-state index in [1.165, 1.54) is 108 Å². The lowest BCUT2D eigenvalue weighted by Crippen LogP contribution is -2.27. The normalized spacial score (nSPS) is 17.2. The van der Waals surface area contributed by atoms with Crippen molar-refractivity contribution in [3.05, 3.63) is 161 Å². The predicted octanol–water partition coefficient (Wildman–Crippen LogP) is 14.8. The van der Waals surface area contributed by atoms with Crippen molar-refractivity contribution < 1.29 is 9.85 Å². The number of fused-ring (bicyclic) bond motifs is 3. The SMILES string of the molecule is Cn1c(=O)n(C2CCCC2)c2ncc(Cl)cc21.Cn1c(=O)n([C@@H]2CCNC2)c2ncc(Cl)cc21.NC1CCCC1.Nc1cc(Cl)cnc1NC1CCCC1.O=[N+]([O-])c1cc(Cl)cnc1Cl.O=[N+]([O-])c1cc(Cl)cnc1NC1CCCC1.O=c1[nH]c2cc(Cl)cnc2n1C1CCCC1. The summed E-state index contributed by atoms with van der Waals surface area (Å²) in [5.41, 5.74) is 16.1. The fraction of sp³-hybridized carbons (Fsp3) is 0.484. The second-order valence-electron chi connectivity index (χ2n) is 24.7. The van der Waals surface area contributed by atoms with Crippen molar-refractivity contribution in [1.29, 1.82) is 0 Å². The molecule has 26 nitrogen and oxygen atoms in total. The number of hydrogen-bond acceptors (Lipinski definition) is 18. The number of aryl methyl sites for hydroxylation is 2. The summed E-state index contributed by atoms with van der Waals surface area (Å²) in [6, 6.07) is 11.7. The van der Waals surface area contributed by atoms with E-state index in [2.05, 4.69) is 50.8 Å². The molecule has 1 aliphatic heterocycles. The van der Waals surface area contributed by atoms with Gasteiger partial charge in [-0.2, -0.15) is 0 Å². The summed E-state index contributed by atoms with van der Waals surface area (Å²) in [6.07, 6.45) is 33.8. The van der Waals surface area contributed by atoms with Crippen LogP contribution in [-0.2, 0) is 14.1 Å². The minimum atomic E-state index is -0.638. The van der Waals surface area contributed by atoms with E-state index in [1.807, 2.05) is 4.57 Å². The molecule has 0 radical (unpaired) electrons. The minimum absolute atomic E-state index is 0.0154. The highest BCUT2D eigenvalue weighted by Crippen LogP contribution is 2.34. The molecule has 33 heteroatoms. The van der Waals surface area contributed by atoms with Crippen molar-refractivity contribution in [3.63, 3.8) is 0 Å². The summed E-state index contributed by atoms with van der Waals surface area (Å²) in [7, 11) is 3.52. The van der Waals surface area contributed by atoms with Gasteiger partial charge in [0.25, 0.3) is 0 Å². The first-order chi connectivity index (χ1) is 46.5. The Labute approximate surface area is 593 Å². The maximum Gasteiger partial charge on any atom is 0.330 e. The van der Waals surface area contributed by atoms with Crippen molar-refractivity contribution >= 4 is 143 Å². The molecular formula is C64H78Cl7N19O7. The Morgan fingerprint density at radius 1 is 0.485 bits per heavy atom. The molecule has 10 heterocycles. The first-order valence-corrected chi connectivity index (χ1v) is 35.1. The average Bonchev–Trinajstić information content (AvgIpc) is 1.63. The van der Waals surface area contributed by atoms with Gasteiger partial charge in [-0.15, -0.1) is 0 Å². The lowest BCUT2D eigenvalue weighted by molar-refractivity contribution is -0.385. The molecule has 9 aromatic rings. The van der Waals surface area contributed by atoms with Gasteiger partial charge in [-0.05, 0) is 101 Å². The molecule has 0 amide bonds. The van der Waals surface area contributed by atoms with E-state index in [-0.39, 0.29) is 49.7 Å². The van der Waals surface area contributed by atoms with Crippen LogP contribution in [0.1, 0.15) is 153 Å². The molecule has 5 saturated carbocycles. The highest BCUT2D eigenvalue weighted by molar-refractivity contribution is 6.34. The number of hydrogen-bond donors (Lipinski definition) is 6. The fourth-order valence-corrected chi connectivity index (χ4v) is 14.0. The van der Waals surface area contributed by atoms with Crippen LogP contribution < -0.4 is 44.5 Å². The van der Waals surface area contributed by atoms with Crippen LogP contribution in [0.4, 0.5) is 28.7 Å². The number of nitrogens with zero attached hydrogens (tertiary/aromatic N) is 13. The van der Waals surface area contributed by atoms with Crippen LogP contribution in [0.3, 0.4) is 0 Å². The second kappa shape index (κ2) is 35.1. The smallest absolute Gasteiger partial charge is 0.330 e. The topological polar surface area (TPSA) is 343 Å². The summed E-state index contributed by atoms with van der Waals surface area (Å²) in [5, 5.41) is 33.3. The molecule has 0 aromatic carbocycles. The zero-order valence-electron chi connectivity index (χ0n) is 53.6. The van der Waals surface area contributed by atoms with Crippen LogP contribution in [0.2, 0.25) is 35.3 Å². The van der Waals surface area contributed by atoms with Crippen molar-refractivity contribution in [2.75, 3.05) is 29.5 Å². The van der Waals surface area contributed by atoms with Crippen LogP contribution in [-0.4, -0.2) is 98.8 Å². The summed E-state index contributed by atoms with van der Waals surface area (Å²) < 4.78 is 8.61. The number of aromatic nitrogens is 12. The third-order valence-electron chi connectivity index (χ3n) is 17.8. The monoisotopic (exact) mass is 1470 g/mol. The van der Waals surface area contributed by atoms with Gasteiger partial charge in [-0.3, -0.25) is 43.1 Å². The van der Waals surface area contributed by atoms with Gasteiger partial charge < -0.3 is 32.4 Å². The van der Waals surface area contributed by atoms with Gasteiger partial charge >= 0.3 is 28.4 Å². The van der Waals surface area contributed by atoms with Crippen LogP contribution in [0.5, 0.6) is 0 Å². The third-order valence-corrected chi connectivity index (χ3v) is 19.3. The quantitative estimate of drug-likeness (QED) is 0.0444. The molecular weight excluding hydrogens is 1400 g/mol. The van der Waals surface area contributed by atoms with Crippen molar-refractivity contribution in [2.45, 2.75) is 171 Å². The van der Waals surface area contributed by atoms with Gasteiger partial charge in [-0.1, -0.05) is 145 Å². The molecule has 9 aromatic heterocycles. The third kappa shape index (κ3) is 19.6. The van der Waals surface area contributed by atoms with Crippen LogP contribution >= 0.6 is 81.2 Å². The number of nitrogens with one attached hydrogen (secondary N) is 4. The number of nitrogen functional groups attached to an aromatic ring is 1. The number of pyridine rings is 6. The van der Waals surface area contributed by atoms with E-state index in [9.17, 15) is 34.6 Å². The molecule has 8 N–H and O–H groups in total. The molecule has 6 aliphatic rings. The Morgan fingerprint density at radius 2 is 0.887 bits per heavy atom. The molecule has 0 bridgehead atoms. The van der Waals surface area contributed by atoms with Crippen molar-refractivity contribution in [2.24, 2.45) is 19.8 Å². The van der Waals surface area contributed by atoms with Gasteiger partial charge in [0.15, 0.2) is 16.9 Å². The standard InChI is InChI=1S/C12H14ClN3O.C11H13ClN4O.C11H12ClN3O.C10H12ClN3O2.C10H14ClN3.C5H2Cl2N2O2.C5H11N/c1-15-10-6-8(13)7-14-11(10)16(12(15)17)9-4-2-3-5-9;1-15-9-4-7(12)5-14-10(9)16(11(15)17)8-2-3-13-6-8;12-7-5-9-10(13-6-7)15(11(16)14-9)8-3-1-2-4-8;11-7-5-9(14(15)16)10(12-6-7)13-8-3-1-2-4-8;11-7-5-9(12)10(13-6-7)14-8-3-1-2-4-8;6-3-1-4(9(10)11)5(7)8-2-3;6-5-3-1-2-4-5/h6-7,9H,2-5H2,1H3;4-5,8,13H,2-3,6H2,1H3;5-6,8H,1-4H2,(H,14,16);5-6,8H,1-4H2,(H,12,13);5-6,8H,1-4,12H2,(H,13,14);1-2H;5H,1-4,6H2/t;8-;;;;;/m.1...../s1. The first kappa shape index (κ1) is 74.1. The lowest BCUT2D eigenvalue weighted by atomic mass is 10.2. The lowest BCUT2D eigenvalue weighted by Gasteiger charge is -2.14. The molecule has 0 unspecified atom stereocenters. The zero-order valence-corrected chi connectivity index (χ0v) is 58.9. The number of imidazole rings is 3. The van der Waals surface area contributed by atoms with Gasteiger partial charge in [0, 0.05) is 100 Å². The summed E-state index contributed by atoms with van der Waals surface area (Å²) in [6.45, 7) is 1.77. The average molecular weight is 1470 g/mol. The maximum atomic E-state index is 12.2. The number of anilines is 3. The van der Waals surface area contributed by atoms with E-state index in [0.717, 1.165) is 103 Å². The van der Waals surface area contributed by atoms with Crippen LogP contribution in [0, 0.1) is 20.2 Å². The Balaban J connectivity index is 0.000000135. The predicted molar refractivity (Wildman–Crippen MR) is 386 cm³/mol. The number of rotatable bonds is 9. The number of aromatic amines is 1. The number of H-pyrrole nitrogens is 1. The largest absolute Gasteiger partial charge is 0.396 e. The molecule has 5 aliphatic carbocycles. The molecule has 1 atom stereocenters. The minimum Gasteiger partial charge on any atom is -0.396 e. The van der Waals surface area contributed by atoms with E-state index >= 15 is 0 Å². The summed E-state index contributed by atoms with van der Waals surface area (Å²) in [4.78, 5) is 83.5. The first-order valence-electron chi connectivity index (χ1n) is 32.4. The number of halogens is 7. The van der Waals surface area contributed by atoms with E-state index in [1.54, 1.807) is 81.4 Å². The molecule has 6 fully saturated rings. The van der Waals surface area contributed by atoms with Crippen molar-refractivity contribution in [1.82, 2.24) is 63.0 Å². The van der Waals surface area contributed by atoms with E-state index in [4.69, 9.17) is 92.7 Å². The highest BCUT2D eigenvalue weighted by atomic mass is 35.5. The van der Waals surface area contributed by atoms with Gasteiger partial charge in [0.1, 0.15) is 5.82 Å². The zero-order chi connectivity index (χ0) is 69.4. The Kier molecular flexibility index (Phi) is 26.8. The van der Waals surface area contributed by atoms with Gasteiger partial charge in [0.05, 0.1) is 68.3 Å². The molecule has 15 rings (SSSR count). The number of nitrogens with two attached hydrogens (primary N) is 2.